The fourth-order valence-electron chi connectivity index (χ4n) is 5.35. The van der Waals surface area contributed by atoms with Gasteiger partial charge in [-0.25, -0.2) is 0 Å². The third-order valence-electron chi connectivity index (χ3n) is 7.28. The summed E-state index contributed by atoms with van der Waals surface area (Å²) in [6, 6.07) is 8.91. The third kappa shape index (κ3) is 5.28. The molecule has 6 heteroatoms. The van der Waals surface area contributed by atoms with Gasteiger partial charge in [0, 0.05) is 37.7 Å². The van der Waals surface area contributed by atoms with Crippen molar-refractivity contribution in [3.05, 3.63) is 35.9 Å². The minimum atomic E-state index is -0.458. The SMILES string of the molecule is O=C(NC(C(=O)N1CCCCC1)C1CCN(C(=O)c2ccccc2)CC1)C1CCCC1. The minimum Gasteiger partial charge on any atom is -0.344 e. The Balaban J connectivity index is 1.41. The van der Waals surface area contributed by atoms with Crippen LogP contribution in [0.2, 0.25) is 0 Å². The van der Waals surface area contributed by atoms with Crippen molar-refractivity contribution in [3.8, 4) is 0 Å². The molecule has 2 aliphatic heterocycles. The number of hydrogen-bond donors (Lipinski definition) is 1. The van der Waals surface area contributed by atoms with Crippen LogP contribution in [-0.2, 0) is 9.59 Å². The van der Waals surface area contributed by atoms with Crippen molar-refractivity contribution in [3.63, 3.8) is 0 Å². The summed E-state index contributed by atoms with van der Waals surface area (Å²) in [5.74, 6) is 0.318. The Kier molecular flexibility index (Phi) is 7.25. The van der Waals surface area contributed by atoms with Gasteiger partial charge in [-0.2, -0.15) is 0 Å². The van der Waals surface area contributed by atoms with E-state index in [-0.39, 0.29) is 29.6 Å². The van der Waals surface area contributed by atoms with Crippen molar-refractivity contribution in [2.24, 2.45) is 11.8 Å². The van der Waals surface area contributed by atoms with Gasteiger partial charge in [-0.3, -0.25) is 14.4 Å². The smallest absolute Gasteiger partial charge is 0.253 e. The van der Waals surface area contributed by atoms with E-state index in [1.807, 2.05) is 40.1 Å². The molecule has 31 heavy (non-hydrogen) atoms. The summed E-state index contributed by atoms with van der Waals surface area (Å²) in [6.45, 7) is 2.84. The summed E-state index contributed by atoms with van der Waals surface area (Å²) < 4.78 is 0. The van der Waals surface area contributed by atoms with Crippen molar-refractivity contribution >= 4 is 17.7 Å². The molecule has 2 heterocycles. The second-order valence-electron chi connectivity index (χ2n) is 9.35. The van der Waals surface area contributed by atoms with Crippen molar-refractivity contribution in [2.75, 3.05) is 26.2 Å². The number of carbonyl (C=O) groups excluding carboxylic acids is 3. The van der Waals surface area contributed by atoms with E-state index in [2.05, 4.69) is 5.32 Å². The molecule has 168 valence electrons. The Morgan fingerprint density at radius 3 is 2.06 bits per heavy atom. The number of carbonyl (C=O) groups is 3. The number of amides is 3. The van der Waals surface area contributed by atoms with E-state index >= 15 is 0 Å². The summed E-state index contributed by atoms with van der Waals surface area (Å²) in [5, 5.41) is 3.17. The van der Waals surface area contributed by atoms with Crippen LogP contribution in [-0.4, -0.2) is 59.7 Å². The lowest BCUT2D eigenvalue weighted by molar-refractivity contribution is -0.140. The Morgan fingerprint density at radius 1 is 0.774 bits per heavy atom. The molecule has 2 saturated heterocycles. The number of nitrogens with zero attached hydrogens (tertiary/aromatic N) is 2. The van der Waals surface area contributed by atoms with Crippen molar-refractivity contribution in [2.45, 2.75) is 63.8 Å². The molecule has 1 N–H and O–H groups in total. The highest BCUT2D eigenvalue weighted by molar-refractivity contribution is 5.94. The van der Waals surface area contributed by atoms with E-state index in [0.29, 0.717) is 18.7 Å². The van der Waals surface area contributed by atoms with Gasteiger partial charge in [-0.15, -0.1) is 0 Å². The summed E-state index contributed by atoms with van der Waals surface area (Å²) in [5.41, 5.74) is 0.705. The summed E-state index contributed by atoms with van der Waals surface area (Å²) in [6.07, 6.45) is 8.80. The van der Waals surface area contributed by atoms with Crippen molar-refractivity contribution in [1.29, 1.82) is 0 Å². The molecule has 3 aliphatic rings. The van der Waals surface area contributed by atoms with Gasteiger partial charge in [0.1, 0.15) is 6.04 Å². The molecular formula is C25H35N3O3. The zero-order valence-corrected chi connectivity index (χ0v) is 18.4. The predicted octanol–water partition coefficient (Wildman–Crippen LogP) is 3.23. The Bertz CT molecular complexity index is 761. The lowest BCUT2D eigenvalue weighted by Crippen LogP contribution is -2.56. The highest BCUT2D eigenvalue weighted by atomic mass is 16.2. The molecule has 3 fully saturated rings. The largest absolute Gasteiger partial charge is 0.344 e. The molecule has 1 atom stereocenters. The zero-order chi connectivity index (χ0) is 21.6. The van der Waals surface area contributed by atoms with Crippen LogP contribution in [0.15, 0.2) is 30.3 Å². The Morgan fingerprint density at radius 2 is 1.42 bits per heavy atom. The number of piperidine rings is 2. The molecular weight excluding hydrogens is 390 g/mol. The van der Waals surface area contributed by atoms with E-state index in [4.69, 9.17) is 0 Å². The summed E-state index contributed by atoms with van der Waals surface area (Å²) in [7, 11) is 0. The first-order valence-corrected chi connectivity index (χ1v) is 12.1. The maximum atomic E-state index is 13.4. The maximum Gasteiger partial charge on any atom is 0.253 e. The number of hydrogen-bond acceptors (Lipinski definition) is 3. The van der Waals surface area contributed by atoms with Crippen LogP contribution >= 0.6 is 0 Å². The quantitative estimate of drug-likeness (QED) is 0.787. The zero-order valence-electron chi connectivity index (χ0n) is 18.4. The van der Waals surface area contributed by atoms with E-state index in [1.165, 1.54) is 6.42 Å². The molecule has 3 amide bonds. The standard InChI is InChI=1S/C25H35N3O3/c29-23(20-9-5-6-10-20)26-22(25(31)27-15-7-2-8-16-27)19-13-17-28(18-14-19)24(30)21-11-3-1-4-12-21/h1,3-4,11-12,19-20,22H,2,5-10,13-18H2,(H,26,29). The molecule has 0 radical (unpaired) electrons. The summed E-state index contributed by atoms with van der Waals surface area (Å²) in [4.78, 5) is 42.9. The average Bonchev–Trinajstić information content (AvgIpc) is 3.38. The first kappa shape index (κ1) is 21.8. The molecule has 6 nitrogen and oxygen atoms in total. The van der Waals surface area contributed by atoms with Crippen LogP contribution in [0, 0.1) is 11.8 Å². The van der Waals surface area contributed by atoms with Crippen LogP contribution in [0.4, 0.5) is 0 Å². The maximum absolute atomic E-state index is 13.4. The van der Waals surface area contributed by atoms with Crippen LogP contribution in [0.1, 0.15) is 68.1 Å². The van der Waals surface area contributed by atoms with Crippen LogP contribution in [0.25, 0.3) is 0 Å². The molecule has 1 unspecified atom stereocenters. The Labute approximate surface area is 185 Å². The van der Waals surface area contributed by atoms with Crippen LogP contribution in [0.5, 0.6) is 0 Å². The molecule has 0 bridgehead atoms. The van der Waals surface area contributed by atoms with E-state index in [9.17, 15) is 14.4 Å². The van der Waals surface area contributed by atoms with Gasteiger partial charge < -0.3 is 15.1 Å². The molecule has 1 aromatic rings. The average molecular weight is 426 g/mol. The number of benzene rings is 1. The van der Waals surface area contributed by atoms with E-state index in [1.54, 1.807) is 0 Å². The van der Waals surface area contributed by atoms with Crippen LogP contribution in [0.3, 0.4) is 0 Å². The Hall–Kier alpha value is -2.37. The van der Waals surface area contributed by atoms with Gasteiger partial charge in [-0.05, 0) is 63.0 Å². The first-order chi connectivity index (χ1) is 15.1. The molecule has 0 spiro atoms. The van der Waals surface area contributed by atoms with Gasteiger partial charge in [0.15, 0.2) is 0 Å². The monoisotopic (exact) mass is 425 g/mol. The summed E-state index contributed by atoms with van der Waals surface area (Å²) >= 11 is 0. The van der Waals surface area contributed by atoms with Gasteiger partial charge in [-0.1, -0.05) is 31.0 Å². The molecule has 1 saturated carbocycles. The third-order valence-corrected chi connectivity index (χ3v) is 7.28. The number of likely N-dealkylation sites (tertiary alicyclic amines) is 2. The lowest BCUT2D eigenvalue weighted by Gasteiger charge is -2.39. The second kappa shape index (κ2) is 10.3. The number of rotatable bonds is 5. The molecule has 1 aliphatic carbocycles. The molecule has 4 rings (SSSR count). The topological polar surface area (TPSA) is 69.7 Å². The van der Waals surface area contributed by atoms with Gasteiger partial charge in [0.05, 0.1) is 0 Å². The van der Waals surface area contributed by atoms with E-state index in [0.717, 1.165) is 64.5 Å². The lowest BCUT2D eigenvalue weighted by atomic mass is 9.87. The van der Waals surface area contributed by atoms with E-state index < -0.39 is 6.04 Å². The fourth-order valence-corrected chi connectivity index (χ4v) is 5.35. The van der Waals surface area contributed by atoms with Crippen molar-refractivity contribution < 1.29 is 14.4 Å². The van der Waals surface area contributed by atoms with Gasteiger partial charge in [0.2, 0.25) is 11.8 Å². The fraction of sp³-hybridized carbons (Fsp3) is 0.640. The highest BCUT2D eigenvalue weighted by Crippen LogP contribution is 2.28. The normalized spacial score (nSPS) is 21.7. The molecule has 0 aromatic heterocycles. The van der Waals surface area contributed by atoms with Crippen LogP contribution < -0.4 is 5.32 Å². The highest BCUT2D eigenvalue weighted by Gasteiger charge is 2.37. The second-order valence-corrected chi connectivity index (χ2v) is 9.35. The first-order valence-electron chi connectivity index (χ1n) is 12.1. The van der Waals surface area contributed by atoms with Gasteiger partial charge >= 0.3 is 0 Å². The molecule has 1 aromatic carbocycles. The number of nitrogens with one attached hydrogen (secondary N) is 1. The minimum absolute atomic E-state index is 0.0490. The predicted molar refractivity (Wildman–Crippen MR) is 119 cm³/mol. The van der Waals surface area contributed by atoms with Gasteiger partial charge in [0.25, 0.3) is 5.91 Å². The van der Waals surface area contributed by atoms with Crippen molar-refractivity contribution in [1.82, 2.24) is 15.1 Å².